The fraction of sp³-hybridized carbons (Fsp3) is 0.368. The number of rotatable bonds is 5. The van der Waals surface area contributed by atoms with Gasteiger partial charge in [0.15, 0.2) is 0 Å². The highest BCUT2D eigenvalue weighted by Gasteiger charge is 2.23. The maximum absolute atomic E-state index is 12.0. The normalized spacial score (nSPS) is 19.9. The van der Waals surface area contributed by atoms with E-state index in [1.165, 1.54) is 0 Å². The number of pyridine rings is 1. The van der Waals surface area contributed by atoms with Crippen molar-refractivity contribution >= 4 is 17.6 Å². The number of hydrogen-bond acceptors (Lipinski definition) is 3. The van der Waals surface area contributed by atoms with E-state index in [-0.39, 0.29) is 18.2 Å². The number of ether oxygens (including phenoxy) is 1. The summed E-state index contributed by atoms with van der Waals surface area (Å²) < 4.78 is 5.92. The van der Waals surface area contributed by atoms with Gasteiger partial charge in [0.05, 0.1) is 12.3 Å². The maximum atomic E-state index is 12.0. The second-order valence-corrected chi connectivity index (χ2v) is 6.67. The van der Waals surface area contributed by atoms with E-state index in [1.54, 1.807) is 12.4 Å². The number of hydrogen-bond donors (Lipinski definition) is 2. The highest BCUT2D eigenvalue weighted by Crippen LogP contribution is 2.23. The van der Waals surface area contributed by atoms with Crippen LogP contribution in [0.3, 0.4) is 0 Å². The Labute approximate surface area is 152 Å². The van der Waals surface area contributed by atoms with Gasteiger partial charge >= 0.3 is 6.03 Å². The lowest BCUT2D eigenvalue weighted by molar-refractivity contribution is 0.139. The van der Waals surface area contributed by atoms with Crippen molar-refractivity contribution in [2.24, 2.45) is 0 Å². The van der Waals surface area contributed by atoms with Gasteiger partial charge in [0.25, 0.3) is 0 Å². The predicted octanol–water partition coefficient (Wildman–Crippen LogP) is 3.92. The molecule has 0 atom stereocenters. The molecule has 25 heavy (non-hydrogen) atoms. The highest BCUT2D eigenvalue weighted by molar-refractivity contribution is 6.30. The molecule has 2 N–H and O–H groups in total. The molecular formula is C19H22ClN3O2. The van der Waals surface area contributed by atoms with Crippen molar-refractivity contribution in [1.29, 1.82) is 0 Å². The molecule has 0 bridgehead atoms. The summed E-state index contributed by atoms with van der Waals surface area (Å²) in [5.41, 5.74) is 1.02. The van der Waals surface area contributed by atoms with Gasteiger partial charge in [-0.05, 0) is 55.5 Å². The summed E-state index contributed by atoms with van der Waals surface area (Å²) >= 11 is 5.85. The summed E-state index contributed by atoms with van der Waals surface area (Å²) in [4.78, 5) is 16.1. The molecular weight excluding hydrogens is 338 g/mol. The minimum atomic E-state index is -0.133. The van der Waals surface area contributed by atoms with Gasteiger partial charge in [0.2, 0.25) is 0 Å². The Bertz CT molecular complexity index is 671. The maximum Gasteiger partial charge on any atom is 0.315 e. The zero-order chi connectivity index (χ0) is 17.5. The van der Waals surface area contributed by atoms with Crippen LogP contribution in [0.15, 0.2) is 48.8 Å². The van der Waals surface area contributed by atoms with E-state index in [1.807, 2.05) is 36.4 Å². The number of carbonyl (C=O) groups excluding carboxylic acids is 1. The summed E-state index contributed by atoms with van der Waals surface area (Å²) in [6.45, 7) is 0.489. The second kappa shape index (κ2) is 8.72. The minimum Gasteiger partial charge on any atom is -0.489 e. The third-order valence-electron chi connectivity index (χ3n) is 4.31. The third kappa shape index (κ3) is 5.64. The second-order valence-electron chi connectivity index (χ2n) is 6.23. The molecule has 5 nitrogen and oxygen atoms in total. The molecule has 0 radical (unpaired) electrons. The number of benzene rings is 1. The topological polar surface area (TPSA) is 63.2 Å². The first-order valence-electron chi connectivity index (χ1n) is 8.54. The van der Waals surface area contributed by atoms with Crippen molar-refractivity contribution in [1.82, 2.24) is 15.6 Å². The number of amides is 2. The molecule has 1 aromatic heterocycles. The number of nitrogens with one attached hydrogen (secondary N) is 2. The van der Waals surface area contributed by atoms with Gasteiger partial charge in [-0.15, -0.1) is 0 Å². The first kappa shape index (κ1) is 17.5. The van der Waals surface area contributed by atoms with Crippen LogP contribution < -0.4 is 15.4 Å². The van der Waals surface area contributed by atoms with E-state index >= 15 is 0 Å². The average molecular weight is 360 g/mol. The SMILES string of the molecule is O=C(NCc1ccc(Cl)cc1)NC1CCC(Oc2cccnc2)CC1. The number of halogens is 1. The van der Waals surface area contributed by atoms with Crippen LogP contribution in [-0.2, 0) is 6.54 Å². The van der Waals surface area contributed by atoms with Crippen LogP contribution in [-0.4, -0.2) is 23.2 Å². The molecule has 0 aliphatic heterocycles. The van der Waals surface area contributed by atoms with Gasteiger partial charge in [0.1, 0.15) is 5.75 Å². The van der Waals surface area contributed by atoms with E-state index in [2.05, 4.69) is 15.6 Å². The van der Waals surface area contributed by atoms with Crippen LogP contribution in [0.1, 0.15) is 31.2 Å². The van der Waals surface area contributed by atoms with Crippen LogP contribution in [0.25, 0.3) is 0 Å². The number of nitrogens with zero attached hydrogens (tertiary/aromatic N) is 1. The first-order valence-corrected chi connectivity index (χ1v) is 8.92. The molecule has 1 aliphatic carbocycles. The smallest absolute Gasteiger partial charge is 0.315 e. The number of aromatic nitrogens is 1. The molecule has 1 aromatic carbocycles. The third-order valence-corrected chi connectivity index (χ3v) is 4.56. The Morgan fingerprint density at radius 2 is 1.92 bits per heavy atom. The van der Waals surface area contributed by atoms with Crippen molar-refractivity contribution in [2.45, 2.75) is 44.4 Å². The molecule has 1 saturated carbocycles. The van der Waals surface area contributed by atoms with E-state index in [0.29, 0.717) is 11.6 Å². The van der Waals surface area contributed by atoms with Crippen LogP contribution in [0.5, 0.6) is 5.75 Å². The lowest BCUT2D eigenvalue weighted by Crippen LogP contribution is -2.44. The van der Waals surface area contributed by atoms with E-state index in [9.17, 15) is 4.79 Å². The average Bonchev–Trinajstić information content (AvgIpc) is 2.64. The summed E-state index contributed by atoms with van der Waals surface area (Å²) in [5.74, 6) is 0.805. The molecule has 3 rings (SSSR count). The Morgan fingerprint density at radius 1 is 1.16 bits per heavy atom. The monoisotopic (exact) mass is 359 g/mol. The van der Waals surface area contributed by atoms with Crippen LogP contribution in [0.2, 0.25) is 5.02 Å². The summed E-state index contributed by atoms with van der Waals surface area (Å²) in [6.07, 6.45) is 7.34. The Morgan fingerprint density at radius 3 is 2.60 bits per heavy atom. The predicted molar refractivity (Wildman–Crippen MR) is 97.7 cm³/mol. The van der Waals surface area contributed by atoms with Gasteiger partial charge in [-0.3, -0.25) is 4.98 Å². The molecule has 0 unspecified atom stereocenters. The lowest BCUT2D eigenvalue weighted by Gasteiger charge is -2.29. The fourth-order valence-electron chi connectivity index (χ4n) is 2.96. The molecule has 2 amide bonds. The van der Waals surface area contributed by atoms with Crippen molar-refractivity contribution in [3.8, 4) is 5.75 Å². The minimum absolute atomic E-state index is 0.133. The largest absolute Gasteiger partial charge is 0.489 e. The van der Waals surface area contributed by atoms with Crippen LogP contribution in [0, 0.1) is 0 Å². The summed E-state index contributed by atoms with van der Waals surface area (Å²) in [6, 6.07) is 11.3. The van der Waals surface area contributed by atoms with Gasteiger partial charge in [-0.25, -0.2) is 4.79 Å². The molecule has 132 valence electrons. The number of urea groups is 1. The van der Waals surface area contributed by atoms with Crippen LogP contribution >= 0.6 is 11.6 Å². The highest BCUT2D eigenvalue weighted by atomic mass is 35.5. The van der Waals surface area contributed by atoms with Crippen molar-refractivity contribution in [3.63, 3.8) is 0 Å². The zero-order valence-electron chi connectivity index (χ0n) is 14.0. The van der Waals surface area contributed by atoms with Crippen molar-refractivity contribution < 1.29 is 9.53 Å². The van der Waals surface area contributed by atoms with E-state index in [0.717, 1.165) is 37.0 Å². The van der Waals surface area contributed by atoms with Gasteiger partial charge in [0, 0.05) is 23.8 Å². The lowest BCUT2D eigenvalue weighted by atomic mass is 9.93. The van der Waals surface area contributed by atoms with Crippen LogP contribution in [0.4, 0.5) is 4.79 Å². The molecule has 1 heterocycles. The van der Waals surface area contributed by atoms with Gasteiger partial charge in [-0.2, -0.15) is 0 Å². The summed E-state index contributed by atoms with van der Waals surface area (Å²) in [7, 11) is 0. The molecule has 6 heteroatoms. The molecule has 0 spiro atoms. The molecule has 2 aromatic rings. The molecule has 0 saturated heterocycles. The zero-order valence-corrected chi connectivity index (χ0v) is 14.7. The van der Waals surface area contributed by atoms with Gasteiger partial charge in [-0.1, -0.05) is 23.7 Å². The van der Waals surface area contributed by atoms with E-state index in [4.69, 9.17) is 16.3 Å². The molecule has 1 aliphatic rings. The quantitative estimate of drug-likeness (QED) is 0.850. The standard InChI is InChI=1S/C19H22ClN3O2/c20-15-5-3-14(4-6-15)12-22-19(24)23-16-7-9-17(10-8-16)25-18-2-1-11-21-13-18/h1-6,11,13,16-17H,7-10,12H2,(H2,22,23,24). The summed E-state index contributed by atoms with van der Waals surface area (Å²) in [5, 5.41) is 6.62. The fourth-order valence-corrected chi connectivity index (χ4v) is 3.08. The Hall–Kier alpha value is -2.27. The Balaban J connectivity index is 1.36. The number of carbonyl (C=O) groups is 1. The van der Waals surface area contributed by atoms with Gasteiger partial charge < -0.3 is 15.4 Å². The first-order chi connectivity index (χ1) is 12.2. The molecule has 1 fully saturated rings. The van der Waals surface area contributed by atoms with Crippen molar-refractivity contribution in [2.75, 3.05) is 0 Å². The Kier molecular flexibility index (Phi) is 6.12. The van der Waals surface area contributed by atoms with E-state index < -0.39 is 0 Å². The van der Waals surface area contributed by atoms with Crippen molar-refractivity contribution in [3.05, 3.63) is 59.4 Å².